The van der Waals surface area contributed by atoms with Crippen molar-refractivity contribution in [1.82, 2.24) is 0 Å². The lowest BCUT2D eigenvalue weighted by Gasteiger charge is -2.13. The zero-order valence-electron chi connectivity index (χ0n) is 16.1. The third kappa shape index (κ3) is 12.3. The Morgan fingerprint density at radius 2 is 1.76 bits per heavy atom. The Kier molecular flexibility index (Phi) is 11.9. The van der Waals surface area contributed by atoms with E-state index in [9.17, 15) is 24.5 Å². The van der Waals surface area contributed by atoms with E-state index in [2.05, 4.69) is 11.8 Å². The monoisotopic (exact) mass is 404 g/mol. The average molecular weight is 404 g/mol. The quantitative estimate of drug-likeness (QED) is 0.383. The van der Waals surface area contributed by atoms with Crippen LogP contribution in [0.3, 0.4) is 0 Å². The largest absolute Gasteiger partial charge is 0.491 e. The second-order valence-corrected chi connectivity index (χ2v) is 6.00. The van der Waals surface area contributed by atoms with Crippen LogP contribution in [0.4, 0.5) is 4.39 Å². The minimum atomic E-state index is -1.13. The van der Waals surface area contributed by atoms with Crippen molar-refractivity contribution in [3.05, 3.63) is 66.5 Å². The van der Waals surface area contributed by atoms with E-state index >= 15 is 0 Å². The summed E-state index contributed by atoms with van der Waals surface area (Å²) in [5.74, 6) is 5.33. The minimum Gasteiger partial charge on any atom is -0.491 e. The first kappa shape index (κ1) is 24.3. The summed E-state index contributed by atoms with van der Waals surface area (Å²) >= 11 is 0. The highest BCUT2D eigenvalue weighted by Gasteiger charge is 2.13. The van der Waals surface area contributed by atoms with Crippen LogP contribution < -0.4 is 4.74 Å². The van der Waals surface area contributed by atoms with Crippen molar-refractivity contribution < 1.29 is 34.0 Å². The molecule has 29 heavy (non-hydrogen) atoms. The summed E-state index contributed by atoms with van der Waals surface area (Å²) in [4.78, 5) is 10.7. The van der Waals surface area contributed by atoms with E-state index in [4.69, 9.17) is 9.47 Å². The molecule has 0 saturated carbocycles. The minimum absolute atomic E-state index is 0.0126. The highest BCUT2D eigenvalue weighted by molar-refractivity contribution is 5.76. The molecule has 0 aromatic heterocycles. The van der Waals surface area contributed by atoms with E-state index < -0.39 is 18.3 Å². The number of halogens is 1. The van der Waals surface area contributed by atoms with Gasteiger partial charge in [0.25, 0.3) is 0 Å². The molecule has 0 aliphatic carbocycles. The van der Waals surface area contributed by atoms with Crippen LogP contribution >= 0.6 is 0 Å². The average Bonchev–Trinajstić information content (AvgIpc) is 2.69. The molecule has 0 fully saturated rings. The van der Waals surface area contributed by atoms with Crippen LogP contribution in [-0.4, -0.2) is 59.2 Å². The van der Waals surface area contributed by atoms with Gasteiger partial charge in [0.05, 0.1) is 6.61 Å². The number of carbonyl (C=O) groups excluding carboxylic acids is 1. The zero-order chi connectivity index (χ0) is 21.5. The predicted octanol–water partition coefficient (Wildman–Crippen LogP) is 1.56. The Bertz CT molecular complexity index is 758. The van der Waals surface area contributed by atoms with E-state index in [1.807, 2.05) is 0 Å². The Labute approximate surface area is 169 Å². The van der Waals surface area contributed by atoms with Crippen molar-refractivity contribution in [1.29, 1.82) is 0 Å². The topological polar surface area (TPSA) is 96.2 Å². The molecular weight excluding hydrogens is 379 g/mol. The molecule has 0 aliphatic heterocycles. The lowest BCUT2D eigenvalue weighted by molar-refractivity contribution is -0.123. The molecule has 0 aliphatic rings. The summed E-state index contributed by atoms with van der Waals surface area (Å²) < 4.78 is 23.0. The van der Waals surface area contributed by atoms with Crippen LogP contribution in [0.5, 0.6) is 5.75 Å². The van der Waals surface area contributed by atoms with Crippen molar-refractivity contribution in [2.24, 2.45) is 0 Å². The summed E-state index contributed by atoms with van der Waals surface area (Å²) in [5, 5.41) is 29.1. The molecule has 3 N–H and O–H groups in total. The van der Waals surface area contributed by atoms with E-state index in [1.54, 1.807) is 6.08 Å². The van der Waals surface area contributed by atoms with Gasteiger partial charge in [-0.1, -0.05) is 30.1 Å². The summed E-state index contributed by atoms with van der Waals surface area (Å²) in [7, 11) is 0. The number of allylic oxidation sites excluding steroid dienone is 4. The van der Waals surface area contributed by atoms with Gasteiger partial charge in [-0.05, 0) is 49.4 Å². The van der Waals surface area contributed by atoms with E-state index in [0.717, 1.165) is 0 Å². The Morgan fingerprint density at radius 3 is 2.45 bits per heavy atom. The van der Waals surface area contributed by atoms with E-state index in [-0.39, 0.29) is 31.4 Å². The molecule has 0 unspecified atom stereocenters. The maximum atomic E-state index is 12.8. The van der Waals surface area contributed by atoms with Gasteiger partial charge in [-0.3, -0.25) is 4.79 Å². The predicted molar refractivity (Wildman–Crippen MR) is 107 cm³/mol. The molecule has 6 nitrogen and oxygen atoms in total. The molecule has 0 heterocycles. The number of rotatable bonds is 11. The fourth-order valence-electron chi connectivity index (χ4n) is 1.86. The SMILES string of the molecule is CC(=O)COC[C@H](O)[C@H](O)/C=C/C=C/C#C/C=C/[C@H](O)COc1ccc(F)cc1. The van der Waals surface area contributed by atoms with Gasteiger partial charge in [-0.2, -0.15) is 0 Å². The van der Waals surface area contributed by atoms with Crippen molar-refractivity contribution in [2.75, 3.05) is 19.8 Å². The van der Waals surface area contributed by atoms with Gasteiger partial charge in [-0.25, -0.2) is 4.39 Å². The molecule has 1 aromatic rings. The van der Waals surface area contributed by atoms with Crippen molar-refractivity contribution >= 4 is 5.78 Å². The molecular formula is C22H25FO6. The van der Waals surface area contributed by atoms with Gasteiger partial charge >= 0.3 is 0 Å². The van der Waals surface area contributed by atoms with Crippen LogP contribution in [-0.2, 0) is 9.53 Å². The number of hydrogen-bond donors (Lipinski definition) is 3. The molecule has 3 atom stereocenters. The van der Waals surface area contributed by atoms with Crippen molar-refractivity contribution in [3.8, 4) is 17.6 Å². The zero-order valence-corrected chi connectivity index (χ0v) is 16.1. The molecule has 0 amide bonds. The van der Waals surface area contributed by atoms with Crippen LogP contribution in [0.1, 0.15) is 6.92 Å². The third-order valence-electron chi connectivity index (χ3n) is 3.31. The fraction of sp³-hybridized carbons (Fsp3) is 0.318. The maximum Gasteiger partial charge on any atom is 0.155 e. The lowest BCUT2D eigenvalue weighted by Crippen LogP contribution is -2.29. The molecule has 0 spiro atoms. The van der Waals surface area contributed by atoms with Crippen LogP contribution in [0.25, 0.3) is 0 Å². The molecule has 0 radical (unpaired) electrons. The second-order valence-electron chi connectivity index (χ2n) is 6.00. The number of ketones is 1. The van der Waals surface area contributed by atoms with Gasteiger partial charge in [0, 0.05) is 0 Å². The smallest absolute Gasteiger partial charge is 0.155 e. The summed E-state index contributed by atoms with van der Waals surface area (Å²) in [6.45, 7) is 1.13. The van der Waals surface area contributed by atoms with Gasteiger partial charge in [0.2, 0.25) is 0 Å². The molecule has 0 bridgehead atoms. The van der Waals surface area contributed by atoms with E-state index in [1.165, 1.54) is 61.6 Å². The summed E-state index contributed by atoms with van der Waals surface area (Å²) in [6, 6.07) is 5.48. The van der Waals surface area contributed by atoms with Gasteiger partial charge in [-0.15, -0.1) is 0 Å². The molecule has 7 heteroatoms. The third-order valence-corrected chi connectivity index (χ3v) is 3.31. The first-order valence-electron chi connectivity index (χ1n) is 8.89. The second kappa shape index (κ2) is 14.3. The molecule has 1 aromatic carbocycles. The number of benzene rings is 1. The van der Waals surface area contributed by atoms with E-state index in [0.29, 0.717) is 5.75 Å². The molecule has 1 rings (SSSR count). The summed E-state index contributed by atoms with van der Waals surface area (Å²) in [6.07, 6.45) is 5.78. The standard InChI is InChI=1S/C22H25FO6/c1-17(24)14-28-16-22(27)21(26)9-7-5-3-2-4-6-8-19(25)15-29-20-12-10-18(23)11-13-20/h3,5-13,19,21-22,25-27H,14-16H2,1H3/b5-3+,8-6+,9-7+/t19-,21+,22-/m0/s1. The first-order chi connectivity index (χ1) is 13.9. The molecule has 0 saturated heterocycles. The highest BCUT2D eigenvalue weighted by Crippen LogP contribution is 2.11. The van der Waals surface area contributed by atoms with Gasteiger partial charge in [0.1, 0.15) is 43.1 Å². The van der Waals surface area contributed by atoms with Gasteiger partial charge < -0.3 is 24.8 Å². The number of carbonyl (C=O) groups is 1. The lowest BCUT2D eigenvalue weighted by atomic mass is 10.2. The normalized spacial score (nSPS) is 14.7. The van der Waals surface area contributed by atoms with Crippen LogP contribution in [0, 0.1) is 17.7 Å². The Hall–Kier alpha value is -2.76. The Balaban J connectivity index is 2.27. The fourth-order valence-corrected chi connectivity index (χ4v) is 1.86. The number of ether oxygens (including phenoxy) is 2. The van der Waals surface area contributed by atoms with Gasteiger partial charge in [0.15, 0.2) is 5.78 Å². The number of Topliss-reactive ketones (excluding diaryl/α,β-unsaturated/α-hetero) is 1. The van der Waals surface area contributed by atoms with Crippen molar-refractivity contribution in [2.45, 2.75) is 25.2 Å². The Morgan fingerprint density at radius 1 is 1.07 bits per heavy atom. The number of hydrogen-bond acceptors (Lipinski definition) is 6. The summed E-state index contributed by atoms with van der Waals surface area (Å²) in [5.41, 5.74) is 0. The highest BCUT2D eigenvalue weighted by atomic mass is 19.1. The molecule has 156 valence electrons. The number of aliphatic hydroxyl groups excluding tert-OH is 3. The van der Waals surface area contributed by atoms with Crippen molar-refractivity contribution in [3.63, 3.8) is 0 Å². The van der Waals surface area contributed by atoms with Crippen LogP contribution in [0.2, 0.25) is 0 Å². The van der Waals surface area contributed by atoms with Crippen LogP contribution in [0.15, 0.2) is 60.7 Å². The first-order valence-corrected chi connectivity index (χ1v) is 8.89. The maximum absolute atomic E-state index is 12.8. The number of aliphatic hydroxyl groups is 3.